The number of amides is 2. The van der Waals surface area contributed by atoms with Crippen molar-refractivity contribution in [2.24, 2.45) is 5.92 Å². The number of halogens is 1. The highest BCUT2D eigenvalue weighted by molar-refractivity contribution is 5.88. The van der Waals surface area contributed by atoms with Crippen LogP contribution < -0.4 is 10.6 Å². The molecule has 3 N–H and O–H groups in total. The maximum atomic E-state index is 12.2. The van der Waals surface area contributed by atoms with Crippen LogP contribution in [0.1, 0.15) is 26.2 Å². The lowest BCUT2D eigenvalue weighted by Gasteiger charge is -2.26. The van der Waals surface area contributed by atoms with Crippen molar-refractivity contribution >= 4 is 24.2 Å². The number of carbonyl (C=O) groups excluding carboxylic acids is 2. The third-order valence-electron chi connectivity index (χ3n) is 4.02. The zero-order chi connectivity index (χ0) is 13.8. The fraction of sp³-hybridized carbons (Fsp3) is 0.846. The summed E-state index contributed by atoms with van der Waals surface area (Å²) in [7, 11) is 0. The standard InChI is InChI=1S/C13H23N3O3.ClH/c1-2-10(16-5-3-4-12(16)18)13(19)15-7-9-6-14-8-11(9)17;/h9-11,14,17H,2-8H2,1H3,(H,15,19);1H. The Morgan fingerprint density at radius 1 is 1.55 bits per heavy atom. The second-order valence-electron chi connectivity index (χ2n) is 5.35. The molecule has 2 aliphatic heterocycles. The molecule has 2 rings (SSSR count). The van der Waals surface area contributed by atoms with Gasteiger partial charge in [0, 0.05) is 38.5 Å². The number of aliphatic hydroxyl groups is 1. The monoisotopic (exact) mass is 305 g/mol. The minimum atomic E-state index is -0.395. The highest BCUT2D eigenvalue weighted by Crippen LogP contribution is 2.16. The smallest absolute Gasteiger partial charge is 0.242 e. The number of aliphatic hydroxyl groups excluding tert-OH is 1. The number of carbonyl (C=O) groups is 2. The summed E-state index contributed by atoms with van der Waals surface area (Å²) in [5.74, 6) is 0.0390. The molecule has 0 bridgehead atoms. The lowest BCUT2D eigenvalue weighted by molar-refractivity contribution is -0.137. The molecule has 2 saturated heterocycles. The van der Waals surface area contributed by atoms with Gasteiger partial charge in [0.15, 0.2) is 0 Å². The average molecular weight is 306 g/mol. The molecular weight excluding hydrogens is 282 g/mol. The van der Waals surface area contributed by atoms with Gasteiger partial charge in [0.1, 0.15) is 6.04 Å². The molecule has 0 aromatic heterocycles. The fourth-order valence-electron chi connectivity index (χ4n) is 2.82. The molecule has 0 aromatic rings. The lowest BCUT2D eigenvalue weighted by Crippen LogP contribution is -2.48. The van der Waals surface area contributed by atoms with Gasteiger partial charge in [-0.1, -0.05) is 6.92 Å². The van der Waals surface area contributed by atoms with E-state index in [1.54, 1.807) is 4.90 Å². The zero-order valence-corrected chi connectivity index (χ0v) is 12.6. The number of β-amino-alcohol motifs (C(OH)–C–C–N with tert-alkyl or cyclic N) is 1. The molecule has 116 valence electrons. The van der Waals surface area contributed by atoms with Crippen LogP contribution in [0.25, 0.3) is 0 Å². The molecule has 3 unspecified atom stereocenters. The first-order chi connectivity index (χ1) is 9.13. The number of hydrogen-bond donors (Lipinski definition) is 3. The Morgan fingerprint density at radius 2 is 2.30 bits per heavy atom. The van der Waals surface area contributed by atoms with E-state index in [0.29, 0.717) is 32.5 Å². The predicted octanol–water partition coefficient (Wildman–Crippen LogP) is -0.494. The van der Waals surface area contributed by atoms with Crippen molar-refractivity contribution in [2.75, 3.05) is 26.2 Å². The van der Waals surface area contributed by atoms with Crippen molar-refractivity contribution in [1.29, 1.82) is 0 Å². The molecular formula is C13H24ClN3O3. The molecule has 2 amide bonds. The quantitative estimate of drug-likeness (QED) is 0.640. The van der Waals surface area contributed by atoms with Gasteiger partial charge in [-0.3, -0.25) is 9.59 Å². The van der Waals surface area contributed by atoms with Crippen LogP contribution in [-0.2, 0) is 9.59 Å². The van der Waals surface area contributed by atoms with E-state index in [4.69, 9.17) is 0 Å². The number of nitrogens with one attached hydrogen (secondary N) is 2. The highest BCUT2D eigenvalue weighted by Gasteiger charge is 2.32. The number of nitrogens with zero attached hydrogens (tertiary/aromatic N) is 1. The van der Waals surface area contributed by atoms with Crippen LogP contribution >= 0.6 is 12.4 Å². The molecule has 2 aliphatic rings. The van der Waals surface area contributed by atoms with E-state index in [1.807, 2.05) is 6.92 Å². The Hall–Kier alpha value is -0.850. The molecule has 6 nitrogen and oxygen atoms in total. The topological polar surface area (TPSA) is 81.7 Å². The van der Waals surface area contributed by atoms with Crippen molar-refractivity contribution in [3.05, 3.63) is 0 Å². The molecule has 3 atom stereocenters. The summed E-state index contributed by atoms with van der Waals surface area (Å²) in [5, 5.41) is 15.6. The Bertz CT molecular complexity index is 354. The maximum absolute atomic E-state index is 12.2. The summed E-state index contributed by atoms with van der Waals surface area (Å²) in [5.41, 5.74) is 0. The van der Waals surface area contributed by atoms with Gasteiger partial charge in [-0.15, -0.1) is 12.4 Å². The predicted molar refractivity (Wildman–Crippen MR) is 77.7 cm³/mol. The molecule has 2 fully saturated rings. The molecule has 0 radical (unpaired) electrons. The second-order valence-corrected chi connectivity index (χ2v) is 5.35. The number of hydrogen-bond acceptors (Lipinski definition) is 4. The Kier molecular flexibility index (Phi) is 6.71. The minimum absolute atomic E-state index is 0. The minimum Gasteiger partial charge on any atom is -0.391 e. The van der Waals surface area contributed by atoms with Crippen molar-refractivity contribution in [3.63, 3.8) is 0 Å². The third kappa shape index (κ3) is 3.84. The van der Waals surface area contributed by atoms with Gasteiger partial charge in [0.25, 0.3) is 0 Å². The average Bonchev–Trinajstić information content (AvgIpc) is 2.98. The van der Waals surface area contributed by atoms with Crippen molar-refractivity contribution in [3.8, 4) is 0 Å². The van der Waals surface area contributed by atoms with Gasteiger partial charge >= 0.3 is 0 Å². The summed E-state index contributed by atoms with van der Waals surface area (Å²) < 4.78 is 0. The van der Waals surface area contributed by atoms with E-state index in [1.165, 1.54) is 0 Å². The summed E-state index contributed by atoms with van der Waals surface area (Å²) in [6, 6.07) is -0.360. The van der Waals surface area contributed by atoms with Gasteiger partial charge in [-0.2, -0.15) is 0 Å². The van der Waals surface area contributed by atoms with Crippen LogP contribution in [0.4, 0.5) is 0 Å². The van der Waals surface area contributed by atoms with Crippen molar-refractivity contribution in [2.45, 2.75) is 38.3 Å². The van der Waals surface area contributed by atoms with Crippen LogP contribution in [-0.4, -0.2) is 60.1 Å². The lowest BCUT2D eigenvalue weighted by atomic mass is 10.1. The summed E-state index contributed by atoms with van der Waals surface area (Å²) >= 11 is 0. The third-order valence-corrected chi connectivity index (χ3v) is 4.02. The Morgan fingerprint density at radius 3 is 2.80 bits per heavy atom. The van der Waals surface area contributed by atoms with Crippen LogP contribution in [0, 0.1) is 5.92 Å². The molecule has 0 aromatic carbocycles. The SMILES string of the molecule is CCC(C(=O)NCC1CNCC1O)N1CCCC1=O.Cl. The van der Waals surface area contributed by atoms with Gasteiger partial charge in [0.05, 0.1) is 6.10 Å². The van der Waals surface area contributed by atoms with E-state index in [-0.39, 0.29) is 36.2 Å². The van der Waals surface area contributed by atoms with Crippen LogP contribution in [0.2, 0.25) is 0 Å². The van der Waals surface area contributed by atoms with Gasteiger partial charge in [0.2, 0.25) is 11.8 Å². The van der Waals surface area contributed by atoms with E-state index >= 15 is 0 Å². The second kappa shape index (κ2) is 7.81. The molecule has 7 heteroatoms. The highest BCUT2D eigenvalue weighted by atomic mass is 35.5. The Balaban J connectivity index is 0.00000200. The van der Waals surface area contributed by atoms with Gasteiger partial charge in [-0.25, -0.2) is 0 Å². The van der Waals surface area contributed by atoms with Crippen molar-refractivity contribution < 1.29 is 14.7 Å². The van der Waals surface area contributed by atoms with Crippen LogP contribution in [0.5, 0.6) is 0 Å². The summed E-state index contributed by atoms with van der Waals surface area (Å²) in [6.07, 6.45) is 1.63. The molecule has 0 saturated carbocycles. The Labute approximate surface area is 125 Å². The molecule has 0 spiro atoms. The van der Waals surface area contributed by atoms with E-state index in [0.717, 1.165) is 13.0 Å². The fourth-order valence-corrected chi connectivity index (χ4v) is 2.82. The first-order valence-corrected chi connectivity index (χ1v) is 7.09. The van der Waals surface area contributed by atoms with Crippen molar-refractivity contribution in [1.82, 2.24) is 15.5 Å². The van der Waals surface area contributed by atoms with E-state index in [9.17, 15) is 14.7 Å². The van der Waals surface area contributed by atoms with E-state index in [2.05, 4.69) is 10.6 Å². The molecule has 20 heavy (non-hydrogen) atoms. The van der Waals surface area contributed by atoms with Gasteiger partial charge < -0.3 is 20.6 Å². The van der Waals surface area contributed by atoms with Gasteiger partial charge in [-0.05, 0) is 12.8 Å². The zero-order valence-electron chi connectivity index (χ0n) is 11.8. The maximum Gasteiger partial charge on any atom is 0.242 e. The van der Waals surface area contributed by atoms with Crippen LogP contribution in [0.3, 0.4) is 0 Å². The normalized spacial score (nSPS) is 27.3. The summed E-state index contributed by atoms with van der Waals surface area (Å²) in [4.78, 5) is 25.5. The first kappa shape index (κ1) is 17.2. The molecule has 2 heterocycles. The first-order valence-electron chi connectivity index (χ1n) is 7.09. The summed E-state index contributed by atoms with van der Waals surface area (Å²) in [6.45, 7) is 4.37. The number of likely N-dealkylation sites (tertiary alicyclic amines) is 1. The van der Waals surface area contributed by atoms with E-state index < -0.39 is 6.10 Å². The van der Waals surface area contributed by atoms with Crippen LogP contribution in [0.15, 0.2) is 0 Å². The largest absolute Gasteiger partial charge is 0.391 e. The number of rotatable bonds is 5. The molecule has 0 aliphatic carbocycles.